The van der Waals surface area contributed by atoms with Crippen molar-refractivity contribution in [2.75, 3.05) is 19.5 Å². The maximum absolute atomic E-state index is 14.1. The van der Waals surface area contributed by atoms with Gasteiger partial charge in [-0.1, -0.05) is 78.9 Å². The van der Waals surface area contributed by atoms with Crippen molar-refractivity contribution in [1.82, 2.24) is 0 Å². The predicted molar refractivity (Wildman–Crippen MR) is 124 cm³/mol. The molecule has 1 N–H and O–H groups in total. The summed E-state index contributed by atoms with van der Waals surface area (Å²) in [6.45, 7) is 0. The second kappa shape index (κ2) is 9.12. The minimum absolute atomic E-state index is 0.175. The number of hydrogen-bond acceptors (Lipinski definition) is 6. The quantitative estimate of drug-likeness (QED) is 0.354. The SMILES string of the molecule is COC(=O)C1=C(c2ccccc2)[C@H](c2ccccc2)[C@](Nc2ccccc2)(C(=O)OC)C1=O. The number of methoxy groups -OCH3 is 2. The van der Waals surface area contributed by atoms with Crippen LogP contribution in [0, 0.1) is 0 Å². The molecule has 3 aromatic rings. The van der Waals surface area contributed by atoms with Gasteiger partial charge in [-0.25, -0.2) is 9.59 Å². The minimum atomic E-state index is -1.91. The van der Waals surface area contributed by atoms with Crippen LogP contribution in [-0.2, 0) is 23.9 Å². The third kappa shape index (κ3) is 3.69. The normalized spacial score (nSPS) is 19.8. The molecule has 0 saturated carbocycles. The molecule has 0 heterocycles. The van der Waals surface area contributed by atoms with E-state index in [-0.39, 0.29) is 5.57 Å². The Morgan fingerprint density at radius 1 is 0.788 bits per heavy atom. The van der Waals surface area contributed by atoms with Crippen LogP contribution in [0.15, 0.2) is 96.6 Å². The van der Waals surface area contributed by atoms with Crippen LogP contribution in [0.1, 0.15) is 17.0 Å². The van der Waals surface area contributed by atoms with Crippen molar-refractivity contribution in [3.8, 4) is 0 Å². The molecule has 0 aromatic heterocycles. The van der Waals surface area contributed by atoms with E-state index >= 15 is 0 Å². The number of anilines is 1. The molecule has 0 aliphatic heterocycles. The molecule has 33 heavy (non-hydrogen) atoms. The lowest BCUT2D eigenvalue weighted by molar-refractivity contribution is -0.149. The number of ether oxygens (including phenoxy) is 2. The van der Waals surface area contributed by atoms with Crippen LogP contribution < -0.4 is 5.32 Å². The topological polar surface area (TPSA) is 81.7 Å². The third-order valence-electron chi connectivity index (χ3n) is 5.81. The Bertz CT molecular complexity index is 1210. The molecule has 0 unspecified atom stereocenters. The van der Waals surface area contributed by atoms with Gasteiger partial charge in [0.2, 0.25) is 11.3 Å². The van der Waals surface area contributed by atoms with Gasteiger partial charge < -0.3 is 14.8 Å². The second-order valence-electron chi connectivity index (χ2n) is 7.61. The van der Waals surface area contributed by atoms with E-state index in [1.54, 1.807) is 36.4 Å². The Hall–Kier alpha value is -4.19. The summed E-state index contributed by atoms with van der Waals surface area (Å²) in [7, 11) is 2.44. The summed E-state index contributed by atoms with van der Waals surface area (Å²) in [5.41, 5.74) is 0.180. The summed E-state index contributed by atoms with van der Waals surface area (Å²) in [5, 5.41) is 3.14. The fourth-order valence-electron chi connectivity index (χ4n) is 4.41. The smallest absolute Gasteiger partial charge is 0.341 e. The van der Waals surface area contributed by atoms with Gasteiger partial charge in [-0.15, -0.1) is 0 Å². The minimum Gasteiger partial charge on any atom is -0.467 e. The molecule has 1 aliphatic rings. The standard InChI is InChI=1S/C27H23NO5/c1-32-25(30)22-21(18-12-6-3-7-13-18)23(19-14-8-4-9-15-19)27(24(22)29,26(31)33-2)28-20-16-10-5-11-17-20/h3-17,23,28H,1-2H3/t23-,27+/m0/s1. The number of ketones is 1. The van der Waals surface area contributed by atoms with Crippen LogP contribution in [0.25, 0.3) is 5.57 Å². The van der Waals surface area contributed by atoms with E-state index < -0.39 is 29.2 Å². The molecule has 2 atom stereocenters. The number of Topliss-reactive ketones (excluding diaryl/α,β-unsaturated/α-hetero) is 1. The van der Waals surface area contributed by atoms with Gasteiger partial charge in [-0.05, 0) is 28.8 Å². The number of rotatable bonds is 6. The highest BCUT2D eigenvalue weighted by Gasteiger charge is 2.63. The highest BCUT2D eigenvalue weighted by molar-refractivity contribution is 6.37. The molecule has 0 spiro atoms. The number of carbonyl (C=O) groups excluding carboxylic acids is 3. The molecule has 1 aliphatic carbocycles. The van der Waals surface area contributed by atoms with E-state index in [9.17, 15) is 14.4 Å². The first-order valence-corrected chi connectivity index (χ1v) is 10.4. The summed E-state index contributed by atoms with van der Waals surface area (Å²) in [4.78, 5) is 40.5. The van der Waals surface area contributed by atoms with E-state index in [1.807, 2.05) is 54.6 Å². The molecule has 0 fully saturated rings. The fraction of sp³-hybridized carbons (Fsp3) is 0.148. The lowest BCUT2D eigenvalue weighted by atomic mass is 9.76. The molecule has 0 bridgehead atoms. The van der Waals surface area contributed by atoms with Crippen molar-refractivity contribution < 1.29 is 23.9 Å². The maximum Gasteiger partial charge on any atom is 0.341 e. The molecule has 4 rings (SSSR count). The van der Waals surface area contributed by atoms with Crippen LogP contribution in [0.5, 0.6) is 0 Å². The van der Waals surface area contributed by atoms with Crippen LogP contribution in [-0.4, -0.2) is 37.5 Å². The Balaban J connectivity index is 2.06. The molecule has 0 saturated heterocycles. The zero-order chi connectivity index (χ0) is 23.4. The largest absolute Gasteiger partial charge is 0.467 e. The third-order valence-corrected chi connectivity index (χ3v) is 5.81. The summed E-state index contributed by atoms with van der Waals surface area (Å²) in [6.07, 6.45) is 0. The maximum atomic E-state index is 14.1. The first-order chi connectivity index (χ1) is 16.0. The van der Waals surface area contributed by atoms with E-state index in [4.69, 9.17) is 9.47 Å². The molecule has 0 amide bonds. The Morgan fingerprint density at radius 3 is 1.88 bits per heavy atom. The Labute approximate surface area is 191 Å². The van der Waals surface area contributed by atoms with Crippen molar-refractivity contribution in [3.63, 3.8) is 0 Å². The van der Waals surface area contributed by atoms with Crippen molar-refractivity contribution in [1.29, 1.82) is 0 Å². The number of carbonyl (C=O) groups is 3. The fourth-order valence-corrected chi connectivity index (χ4v) is 4.41. The van der Waals surface area contributed by atoms with Crippen molar-refractivity contribution >= 4 is 29.0 Å². The van der Waals surface area contributed by atoms with Gasteiger partial charge in [-0.3, -0.25) is 4.79 Å². The molecule has 6 nitrogen and oxygen atoms in total. The van der Waals surface area contributed by atoms with E-state index in [0.29, 0.717) is 22.4 Å². The van der Waals surface area contributed by atoms with Crippen LogP contribution in [0.2, 0.25) is 0 Å². The van der Waals surface area contributed by atoms with Crippen LogP contribution >= 0.6 is 0 Å². The zero-order valence-corrected chi connectivity index (χ0v) is 18.3. The van der Waals surface area contributed by atoms with Crippen LogP contribution in [0.4, 0.5) is 5.69 Å². The number of para-hydroxylation sites is 1. The molecule has 6 heteroatoms. The van der Waals surface area contributed by atoms with Gasteiger partial charge >= 0.3 is 11.9 Å². The number of esters is 2. The first kappa shape index (κ1) is 22.0. The van der Waals surface area contributed by atoms with Gasteiger partial charge in [0.15, 0.2) is 0 Å². The lowest BCUT2D eigenvalue weighted by Crippen LogP contribution is -2.56. The van der Waals surface area contributed by atoms with Crippen molar-refractivity contribution in [2.24, 2.45) is 0 Å². The van der Waals surface area contributed by atoms with Crippen molar-refractivity contribution in [3.05, 3.63) is 108 Å². The predicted octanol–water partition coefficient (Wildman–Crippen LogP) is 4.00. The lowest BCUT2D eigenvalue weighted by Gasteiger charge is -2.35. The molecular formula is C27H23NO5. The Kier molecular flexibility index (Phi) is 6.09. The average Bonchev–Trinajstić information content (AvgIpc) is 3.13. The zero-order valence-electron chi connectivity index (χ0n) is 18.3. The van der Waals surface area contributed by atoms with Gasteiger partial charge in [0.05, 0.1) is 20.1 Å². The van der Waals surface area contributed by atoms with Gasteiger partial charge in [0.1, 0.15) is 5.57 Å². The summed E-state index contributed by atoms with van der Waals surface area (Å²) in [5.74, 6) is -3.15. The van der Waals surface area contributed by atoms with E-state index in [0.717, 1.165) is 0 Å². The number of hydrogen-bond donors (Lipinski definition) is 1. The van der Waals surface area contributed by atoms with E-state index in [1.165, 1.54) is 14.2 Å². The second-order valence-corrected chi connectivity index (χ2v) is 7.61. The summed E-state index contributed by atoms with van der Waals surface area (Å²) >= 11 is 0. The van der Waals surface area contributed by atoms with Crippen molar-refractivity contribution in [2.45, 2.75) is 11.5 Å². The van der Waals surface area contributed by atoms with Gasteiger partial charge in [0, 0.05) is 5.69 Å². The molecular weight excluding hydrogens is 418 g/mol. The average molecular weight is 441 g/mol. The van der Waals surface area contributed by atoms with E-state index in [2.05, 4.69) is 5.32 Å². The first-order valence-electron chi connectivity index (χ1n) is 10.4. The highest BCUT2D eigenvalue weighted by Crippen LogP contribution is 2.51. The number of nitrogens with one attached hydrogen (secondary N) is 1. The molecule has 3 aromatic carbocycles. The van der Waals surface area contributed by atoms with Gasteiger partial charge in [-0.2, -0.15) is 0 Å². The summed E-state index contributed by atoms with van der Waals surface area (Å²) < 4.78 is 10.2. The molecule has 166 valence electrons. The van der Waals surface area contributed by atoms with Crippen LogP contribution in [0.3, 0.4) is 0 Å². The van der Waals surface area contributed by atoms with Gasteiger partial charge in [0.25, 0.3) is 0 Å². The molecule has 0 radical (unpaired) electrons. The highest BCUT2D eigenvalue weighted by atomic mass is 16.5. The Morgan fingerprint density at radius 2 is 1.33 bits per heavy atom. The monoisotopic (exact) mass is 441 g/mol. The summed E-state index contributed by atoms with van der Waals surface area (Å²) in [6, 6.07) is 27.1. The number of benzene rings is 3.